The fourth-order valence-electron chi connectivity index (χ4n) is 1.86. The molecule has 5 nitrogen and oxygen atoms in total. The standard InChI is InChI=1S/C14H16ClN3O2/c1-18-8-11(7-16-18)14(19)17-13(9-20-2)10-3-5-12(15)6-4-10/h3-8,13H,9H2,1-2H3,(H,17,19)/t13-/m1/s1. The van der Waals surface area contributed by atoms with Gasteiger partial charge in [-0.25, -0.2) is 0 Å². The molecule has 1 N–H and O–H groups in total. The second-order valence-corrected chi connectivity index (χ2v) is 4.87. The highest BCUT2D eigenvalue weighted by molar-refractivity contribution is 6.30. The van der Waals surface area contributed by atoms with E-state index in [2.05, 4.69) is 10.4 Å². The van der Waals surface area contributed by atoms with Gasteiger partial charge >= 0.3 is 0 Å². The lowest BCUT2D eigenvalue weighted by Gasteiger charge is -2.18. The molecule has 0 radical (unpaired) electrons. The molecule has 106 valence electrons. The van der Waals surface area contributed by atoms with Gasteiger partial charge in [0.05, 0.1) is 24.4 Å². The van der Waals surface area contributed by atoms with E-state index in [1.807, 2.05) is 12.1 Å². The number of ether oxygens (including phenoxy) is 1. The predicted octanol–water partition coefficient (Wildman–Crippen LogP) is 2.19. The van der Waals surface area contributed by atoms with Crippen molar-refractivity contribution < 1.29 is 9.53 Å². The van der Waals surface area contributed by atoms with Gasteiger partial charge in [0.2, 0.25) is 0 Å². The number of aryl methyl sites for hydroxylation is 1. The van der Waals surface area contributed by atoms with Crippen LogP contribution in [0.2, 0.25) is 5.02 Å². The minimum Gasteiger partial charge on any atom is -0.382 e. The summed E-state index contributed by atoms with van der Waals surface area (Å²) < 4.78 is 6.75. The summed E-state index contributed by atoms with van der Waals surface area (Å²) in [7, 11) is 3.36. The topological polar surface area (TPSA) is 56.1 Å². The fraction of sp³-hybridized carbons (Fsp3) is 0.286. The van der Waals surface area contributed by atoms with Crippen molar-refractivity contribution in [1.82, 2.24) is 15.1 Å². The van der Waals surface area contributed by atoms with Gasteiger partial charge in [0.15, 0.2) is 0 Å². The molecular weight excluding hydrogens is 278 g/mol. The second-order valence-electron chi connectivity index (χ2n) is 4.44. The molecule has 20 heavy (non-hydrogen) atoms. The van der Waals surface area contributed by atoms with Crippen LogP contribution in [-0.4, -0.2) is 29.4 Å². The molecule has 0 spiro atoms. The first-order valence-electron chi connectivity index (χ1n) is 6.14. The van der Waals surface area contributed by atoms with E-state index in [4.69, 9.17) is 16.3 Å². The Morgan fingerprint density at radius 2 is 2.15 bits per heavy atom. The van der Waals surface area contributed by atoms with Crippen LogP contribution in [0.1, 0.15) is 22.0 Å². The van der Waals surface area contributed by atoms with E-state index in [0.717, 1.165) is 5.56 Å². The van der Waals surface area contributed by atoms with Crippen molar-refractivity contribution in [1.29, 1.82) is 0 Å². The molecule has 1 atom stereocenters. The van der Waals surface area contributed by atoms with Gasteiger partial charge in [0.1, 0.15) is 0 Å². The second kappa shape index (κ2) is 6.54. The molecule has 1 amide bonds. The number of methoxy groups -OCH3 is 1. The lowest BCUT2D eigenvalue weighted by molar-refractivity contribution is 0.0896. The zero-order valence-electron chi connectivity index (χ0n) is 11.3. The minimum absolute atomic E-state index is 0.185. The molecule has 0 aliphatic carbocycles. The molecule has 0 saturated heterocycles. The van der Waals surface area contributed by atoms with E-state index >= 15 is 0 Å². The Balaban J connectivity index is 2.13. The monoisotopic (exact) mass is 293 g/mol. The maximum Gasteiger partial charge on any atom is 0.255 e. The van der Waals surface area contributed by atoms with Gasteiger partial charge in [0, 0.05) is 25.4 Å². The number of hydrogen-bond acceptors (Lipinski definition) is 3. The molecular formula is C14H16ClN3O2. The van der Waals surface area contributed by atoms with E-state index in [1.165, 1.54) is 6.20 Å². The van der Waals surface area contributed by atoms with Crippen LogP contribution in [0.25, 0.3) is 0 Å². The van der Waals surface area contributed by atoms with Crippen molar-refractivity contribution in [3.8, 4) is 0 Å². The van der Waals surface area contributed by atoms with Crippen molar-refractivity contribution in [3.63, 3.8) is 0 Å². The number of carbonyl (C=O) groups is 1. The van der Waals surface area contributed by atoms with Crippen LogP contribution in [0.5, 0.6) is 0 Å². The van der Waals surface area contributed by atoms with Crippen LogP contribution in [0.3, 0.4) is 0 Å². The summed E-state index contributed by atoms with van der Waals surface area (Å²) in [5.74, 6) is -0.185. The van der Waals surface area contributed by atoms with Gasteiger partial charge < -0.3 is 10.1 Å². The third kappa shape index (κ3) is 3.59. The van der Waals surface area contributed by atoms with Crippen LogP contribution in [-0.2, 0) is 11.8 Å². The van der Waals surface area contributed by atoms with Crippen molar-refractivity contribution in [3.05, 3.63) is 52.8 Å². The number of aromatic nitrogens is 2. The smallest absolute Gasteiger partial charge is 0.255 e. The van der Waals surface area contributed by atoms with Crippen molar-refractivity contribution >= 4 is 17.5 Å². The van der Waals surface area contributed by atoms with E-state index in [0.29, 0.717) is 17.2 Å². The molecule has 0 aliphatic heterocycles. The molecule has 1 aromatic heterocycles. The number of benzene rings is 1. The Labute approximate surface area is 122 Å². The Hall–Kier alpha value is -1.85. The summed E-state index contributed by atoms with van der Waals surface area (Å²) >= 11 is 5.87. The summed E-state index contributed by atoms with van der Waals surface area (Å²) in [6.45, 7) is 0.383. The third-order valence-electron chi connectivity index (χ3n) is 2.88. The zero-order chi connectivity index (χ0) is 14.5. The molecule has 2 rings (SSSR count). The summed E-state index contributed by atoms with van der Waals surface area (Å²) in [6.07, 6.45) is 3.20. The normalized spacial score (nSPS) is 12.2. The van der Waals surface area contributed by atoms with Crippen LogP contribution < -0.4 is 5.32 Å². The molecule has 0 bridgehead atoms. The van der Waals surface area contributed by atoms with Crippen LogP contribution in [0, 0.1) is 0 Å². The van der Waals surface area contributed by atoms with Crippen molar-refractivity contribution in [2.45, 2.75) is 6.04 Å². The Morgan fingerprint density at radius 3 is 2.70 bits per heavy atom. The minimum atomic E-state index is -0.232. The molecule has 1 heterocycles. The largest absolute Gasteiger partial charge is 0.382 e. The Bertz CT molecular complexity index is 580. The number of halogens is 1. The summed E-state index contributed by atoms with van der Waals surface area (Å²) in [5, 5.41) is 7.56. The Morgan fingerprint density at radius 1 is 1.45 bits per heavy atom. The highest BCUT2D eigenvalue weighted by atomic mass is 35.5. The van der Waals surface area contributed by atoms with Crippen LogP contribution in [0.4, 0.5) is 0 Å². The molecule has 1 aromatic carbocycles. The summed E-state index contributed by atoms with van der Waals surface area (Å²) in [5.41, 5.74) is 1.45. The fourth-order valence-corrected chi connectivity index (χ4v) is 1.99. The highest BCUT2D eigenvalue weighted by Crippen LogP contribution is 2.17. The Kier molecular flexibility index (Phi) is 4.76. The van der Waals surface area contributed by atoms with Gasteiger partial charge in [-0.1, -0.05) is 23.7 Å². The molecule has 0 saturated carbocycles. The SMILES string of the molecule is COC[C@@H](NC(=O)c1cnn(C)c1)c1ccc(Cl)cc1. The van der Waals surface area contributed by atoms with Gasteiger partial charge in [-0.15, -0.1) is 0 Å². The molecule has 0 fully saturated rings. The lowest BCUT2D eigenvalue weighted by atomic mass is 10.1. The van der Waals surface area contributed by atoms with E-state index < -0.39 is 0 Å². The van der Waals surface area contributed by atoms with Gasteiger partial charge in [-0.05, 0) is 17.7 Å². The number of nitrogens with zero attached hydrogens (tertiary/aromatic N) is 2. The zero-order valence-corrected chi connectivity index (χ0v) is 12.1. The van der Waals surface area contributed by atoms with Crippen molar-refractivity contribution in [2.24, 2.45) is 7.05 Å². The number of hydrogen-bond donors (Lipinski definition) is 1. The first-order valence-corrected chi connectivity index (χ1v) is 6.52. The summed E-state index contributed by atoms with van der Waals surface area (Å²) in [4.78, 5) is 12.1. The van der Waals surface area contributed by atoms with Gasteiger partial charge in [0.25, 0.3) is 5.91 Å². The number of rotatable bonds is 5. The quantitative estimate of drug-likeness (QED) is 0.919. The average Bonchev–Trinajstić information content (AvgIpc) is 2.86. The maximum atomic E-state index is 12.1. The molecule has 2 aromatic rings. The first-order chi connectivity index (χ1) is 9.60. The lowest BCUT2D eigenvalue weighted by Crippen LogP contribution is -2.31. The predicted molar refractivity (Wildman–Crippen MR) is 76.7 cm³/mol. The molecule has 0 aliphatic rings. The van der Waals surface area contributed by atoms with E-state index in [1.54, 1.807) is 37.2 Å². The van der Waals surface area contributed by atoms with Crippen LogP contribution >= 0.6 is 11.6 Å². The third-order valence-corrected chi connectivity index (χ3v) is 3.13. The van der Waals surface area contributed by atoms with E-state index in [-0.39, 0.29) is 11.9 Å². The van der Waals surface area contributed by atoms with Crippen LogP contribution in [0.15, 0.2) is 36.7 Å². The molecule has 6 heteroatoms. The van der Waals surface area contributed by atoms with E-state index in [9.17, 15) is 4.79 Å². The molecule has 0 unspecified atom stereocenters. The highest BCUT2D eigenvalue weighted by Gasteiger charge is 2.16. The number of amides is 1. The first kappa shape index (κ1) is 14.6. The number of carbonyl (C=O) groups excluding carboxylic acids is 1. The average molecular weight is 294 g/mol. The maximum absolute atomic E-state index is 12.1. The van der Waals surface area contributed by atoms with Crippen molar-refractivity contribution in [2.75, 3.05) is 13.7 Å². The number of nitrogens with one attached hydrogen (secondary N) is 1. The summed E-state index contributed by atoms with van der Waals surface area (Å²) in [6, 6.07) is 7.08. The van der Waals surface area contributed by atoms with Gasteiger partial charge in [-0.3, -0.25) is 9.48 Å². The van der Waals surface area contributed by atoms with Gasteiger partial charge in [-0.2, -0.15) is 5.10 Å².